The Morgan fingerprint density at radius 1 is 1.44 bits per heavy atom. The van der Waals surface area contributed by atoms with Gasteiger partial charge < -0.3 is 5.73 Å². The van der Waals surface area contributed by atoms with Crippen LogP contribution in [0.15, 0.2) is 4.47 Å². The molecule has 0 amide bonds. The fraction of sp³-hybridized carbons (Fsp3) is 0.786. The van der Waals surface area contributed by atoms with Crippen molar-refractivity contribution in [3.8, 4) is 0 Å². The summed E-state index contributed by atoms with van der Waals surface area (Å²) in [5.74, 6) is 1.42. The van der Waals surface area contributed by atoms with Crippen LogP contribution in [0.5, 0.6) is 0 Å². The zero-order valence-corrected chi connectivity index (χ0v) is 13.2. The van der Waals surface area contributed by atoms with E-state index in [1.54, 1.807) is 0 Å². The number of hydrogen-bond donors (Lipinski definition) is 1. The molecule has 1 heterocycles. The van der Waals surface area contributed by atoms with Crippen molar-refractivity contribution in [3.63, 3.8) is 0 Å². The molecule has 4 heteroatoms. The Morgan fingerprint density at radius 3 is 2.83 bits per heavy atom. The first-order valence-corrected chi connectivity index (χ1v) is 7.79. The molecule has 2 rings (SSSR count). The summed E-state index contributed by atoms with van der Waals surface area (Å²) in [4.78, 5) is 0. The number of aryl methyl sites for hydroxylation is 2. The maximum atomic E-state index is 6.29. The molecule has 1 aliphatic carbocycles. The average Bonchev–Trinajstić information content (AvgIpc) is 2.61. The summed E-state index contributed by atoms with van der Waals surface area (Å²) in [6.07, 6.45) is 4.76. The molecule has 1 aromatic heterocycles. The molecular formula is C14H24BrN3. The van der Waals surface area contributed by atoms with Crippen molar-refractivity contribution in [3.05, 3.63) is 15.9 Å². The van der Waals surface area contributed by atoms with Crippen LogP contribution in [-0.4, -0.2) is 15.8 Å². The molecule has 102 valence electrons. The first-order chi connectivity index (χ1) is 8.52. The van der Waals surface area contributed by atoms with Gasteiger partial charge in [-0.25, -0.2) is 0 Å². The summed E-state index contributed by atoms with van der Waals surface area (Å²) in [6.45, 7) is 7.48. The molecule has 0 saturated heterocycles. The topological polar surface area (TPSA) is 43.8 Å². The molecule has 18 heavy (non-hydrogen) atoms. The molecule has 0 spiro atoms. The van der Waals surface area contributed by atoms with E-state index in [0.717, 1.165) is 24.6 Å². The third-order valence-corrected chi connectivity index (χ3v) is 5.24. The van der Waals surface area contributed by atoms with Crippen molar-refractivity contribution in [2.24, 2.45) is 17.6 Å². The maximum absolute atomic E-state index is 6.29. The highest BCUT2D eigenvalue weighted by Crippen LogP contribution is 2.32. The minimum atomic E-state index is 0.355. The van der Waals surface area contributed by atoms with E-state index in [1.807, 2.05) is 0 Å². The first kappa shape index (κ1) is 14.1. The average molecular weight is 314 g/mol. The van der Waals surface area contributed by atoms with Gasteiger partial charge in [-0.3, -0.25) is 4.68 Å². The molecule has 3 atom stereocenters. The second kappa shape index (κ2) is 5.74. The molecule has 0 radical (unpaired) electrons. The maximum Gasteiger partial charge on any atom is 0.0738 e. The van der Waals surface area contributed by atoms with Crippen molar-refractivity contribution in [2.75, 3.05) is 0 Å². The Bertz CT molecular complexity index is 413. The summed E-state index contributed by atoms with van der Waals surface area (Å²) in [5, 5.41) is 4.57. The van der Waals surface area contributed by atoms with E-state index in [0.29, 0.717) is 12.0 Å². The van der Waals surface area contributed by atoms with Crippen LogP contribution in [0.4, 0.5) is 0 Å². The molecule has 0 aromatic carbocycles. The van der Waals surface area contributed by atoms with Crippen molar-refractivity contribution in [2.45, 2.75) is 59.0 Å². The number of rotatable bonds is 3. The van der Waals surface area contributed by atoms with E-state index in [-0.39, 0.29) is 0 Å². The van der Waals surface area contributed by atoms with Gasteiger partial charge in [0.2, 0.25) is 0 Å². The fourth-order valence-electron chi connectivity index (χ4n) is 3.07. The molecule has 3 unspecified atom stereocenters. The summed E-state index contributed by atoms with van der Waals surface area (Å²) in [6, 6.07) is 0.355. The van der Waals surface area contributed by atoms with Crippen molar-refractivity contribution < 1.29 is 0 Å². The van der Waals surface area contributed by atoms with E-state index < -0.39 is 0 Å². The minimum absolute atomic E-state index is 0.355. The van der Waals surface area contributed by atoms with E-state index >= 15 is 0 Å². The Morgan fingerprint density at radius 2 is 2.17 bits per heavy atom. The Balaban J connectivity index is 2.17. The van der Waals surface area contributed by atoms with Crippen LogP contribution >= 0.6 is 15.9 Å². The molecule has 2 N–H and O–H groups in total. The number of aromatic nitrogens is 2. The van der Waals surface area contributed by atoms with E-state index in [4.69, 9.17) is 5.73 Å². The van der Waals surface area contributed by atoms with Crippen LogP contribution in [0.2, 0.25) is 0 Å². The second-order valence-corrected chi connectivity index (χ2v) is 6.50. The van der Waals surface area contributed by atoms with Crippen LogP contribution < -0.4 is 5.73 Å². The number of nitrogens with zero attached hydrogens (tertiary/aromatic N) is 2. The van der Waals surface area contributed by atoms with Crippen LogP contribution in [0.3, 0.4) is 0 Å². The third-order valence-electron chi connectivity index (χ3n) is 4.21. The Labute approximate surface area is 118 Å². The van der Waals surface area contributed by atoms with Gasteiger partial charge in [0, 0.05) is 12.6 Å². The SMILES string of the molecule is CCn1nc(C)c(Br)c1CC1CC(C)CCC1N. The zero-order valence-electron chi connectivity index (χ0n) is 11.6. The first-order valence-electron chi connectivity index (χ1n) is 7.00. The lowest BCUT2D eigenvalue weighted by atomic mass is 9.77. The van der Waals surface area contributed by atoms with E-state index in [9.17, 15) is 0 Å². The summed E-state index contributed by atoms with van der Waals surface area (Å²) >= 11 is 3.68. The van der Waals surface area contributed by atoms with Gasteiger partial charge in [0.15, 0.2) is 0 Å². The van der Waals surface area contributed by atoms with Gasteiger partial charge in [0.05, 0.1) is 15.9 Å². The highest BCUT2D eigenvalue weighted by atomic mass is 79.9. The summed E-state index contributed by atoms with van der Waals surface area (Å²) in [7, 11) is 0. The monoisotopic (exact) mass is 313 g/mol. The number of hydrogen-bond acceptors (Lipinski definition) is 2. The van der Waals surface area contributed by atoms with Crippen LogP contribution in [0.1, 0.15) is 44.5 Å². The van der Waals surface area contributed by atoms with Crippen LogP contribution in [0.25, 0.3) is 0 Å². The van der Waals surface area contributed by atoms with Crippen molar-refractivity contribution >= 4 is 15.9 Å². The lowest BCUT2D eigenvalue weighted by Gasteiger charge is -2.32. The van der Waals surface area contributed by atoms with E-state index in [1.165, 1.54) is 29.4 Å². The van der Waals surface area contributed by atoms with E-state index in [2.05, 4.69) is 46.5 Å². The predicted octanol–water partition coefficient (Wildman–Crippen LogP) is 3.28. The van der Waals surface area contributed by atoms with Gasteiger partial charge in [0.25, 0.3) is 0 Å². The van der Waals surface area contributed by atoms with Gasteiger partial charge >= 0.3 is 0 Å². The lowest BCUT2D eigenvalue weighted by Crippen LogP contribution is -2.37. The molecule has 3 nitrogen and oxygen atoms in total. The summed E-state index contributed by atoms with van der Waals surface area (Å²) < 4.78 is 3.29. The number of halogens is 1. The molecular weight excluding hydrogens is 290 g/mol. The third kappa shape index (κ3) is 2.80. The van der Waals surface area contributed by atoms with Gasteiger partial charge in [-0.05, 0) is 67.3 Å². The highest BCUT2D eigenvalue weighted by molar-refractivity contribution is 9.10. The largest absolute Gasteiger partial charge is 0.327 e. The van der Waals surface area contributed by atoms with Crippen LogP contribution in [-0.2, 0) is 13.0 Å². The fourth-order valence-corrected chi connectivity index (χ4v) is 3.52. The number of nitrogens with two attached hydrogens (primary N) is 1. The van der Waals surface area contributed by atoms with Gasteiger partial charge in [-0.1, -0.05) is 6.92 Å². The highest BCUT2D eigenvalue weighted by Gasteiger charge is 2.28. The van der Waals surface area contributed by atoms with Crippen molar-refractivity contribution in [1.82, 2.24) is 9.78 Å². The molecule has 1 aromatic rings. The zero-order chi connectivity index (χ0) is 13.3. The Hall–Kier alpha value is -0.350. The molecule has 1 aliphatic rings. The predicted molar refractivity (Wildman–Crippen MR) is 78.5 cm³/mol. The standard InChI is InChI=1S/C14H24BrN3/c1-4-18-13(14(15)10(3)17-18)8-11-7-9(2)5-6-12(11)16/h9,11-12H,4-8,16H2,1-3H3. The minimum Gasteiger partial charge on any atom is -0.327 e. The molecule has 0 aliphatic heterocycles. The normalized spacial score (nSPS) is 28.6. The molecule has 0 bridgehead atoms. The smallest absolute Gasteiger partial charge is 0.0738 e. The lowest BCUT2D eigenvalue weighted by molar-refractivity contribution is 0.241. The molecule has 1 saturated carbocycles. The quantitative estimate of drug-likeness (QED) is 0.930. The van der Waals surface area contributed by atoms with Gasteiger partial charge in [0.1, 0.15) is 0 Å². The van der Waals surface area contributed by atoms with Gasteiger partial charge in [-0.15, -0.1) is 0 Å². The molecule has 1 fully saturated rings. The van der Waals surface area contributed by atoms with Crippen LogP contribution in [0, 0.1) is 18.8 Å². The summed E-state index contributed by atoms with van der Waals surface area (Å²) in [5.41, 5.74) is 8.70. The Kier molecular flexibility index (Phi) is 4.49. The second-order valence-electron chi connectivity index (χ2n) is 5.71. The van der Waals surface area contributed by atoms with Gasteiger partial charge in [-0.2, -0.15) is 5.10 Å². The van der Waals surface area contributed by atoms with Crippen molar-refractivity contribution in [1.29, 1.82) is 0 Å².